The van der Waals surface area contributed by atoms with Crippen LogP contribution in [0.3, 0.4) is 0 Å². The van der Waals surface area contributed by atoms with Crippen LogP contribution in [0.1, 0.15) is 6.42 Å². The normalized spacial score (nSPS) is 13.7. The molecule has 0 aliphatic heterocycles. The van der Waals surface area contributed by atoms with Crippen LogP contribution in [0.15, 0.2) is 12.7 Å². The largest absolute Gasteiger partial charge is 0.432 e. The zero-order valence-electron chi connectivity index (χ0n) is 5.97. The maximum atomic E-state index is 11.5. The monoisotopic (exact) mass is 184 g/mol. The van der Waals surface area contributed by atoms with Gasteiger partial charge in [-0.05, 0) is 0 Å². The molecule has 3 nitrogen and oxygen atoms in total. The first-order chi connectivity index (χ1) is 5.35. The molecule has 0 aromatic rings. The van der Waals surface area contributed by atoms with E-state index in [2.05, 4.69) is 11.3 Å². The second kappa shape index (κ2) is 4.10. The van der Waals surface area contributed by atoms with Gasteiger partial charge in [-0.1, -0.05) is 6.58 Å². The second-order valence-corrected chi connectivity index (χ2v) is 1.91. The van der Waals surface area contributed by atoms with Crippen LogP contribution in [-0.2, 0) is 9.53 Å². The van der Waals surface area contributed by atoms with Crippen LogP contribution in [0.2, 0.25) is 0 Å². The number of ether oxygens (including phenoxy) is 1. The van der Waals surface area contributed by atoms with Gasteiger partial charge in [-0.15, -0.1) is 0 Å². The Kier molecular flexibility index (Phi) is 3.75. The fourth-order valence-corrected chi connectivity index (χ4v) is 0.422. The second-order valence-electron chi connectivity index (χ2n) is 1.91. The number of hydrogen-bond acceptors (Lipinski definition) is 3. The molecule has 0 fully saturated rings. The van der Waals surface area contributed by atoms with Crippen LogP contribution < -0.4 is 0 Å². The van der Waals surface area contributed by atoms with Gasteiger partial charge in [0.2, 0.25) is 6.29 Å². The third kappa shape index (κ3) is 5.72. The molecule has 6 heteroatoms. The van der Waals surface area contributed by atoms with Gasteiger partial charge in [0, 0.05) is 6.08 Å². The highest BCUT2D eigenvalue weighted by Gasteiger charge is 2.32. The Labute approximate surface area is 66.4 Å². The minimum Gasteiger partial charge on any atom is -0.432 e. The van der Waals surface area contributed by atoms with Crippen molar-refractivity contribution in [2.45, 2.75) is 18.9 Å². The van der Waals surface area contributed by atoms with Gasteiger partial charge in [0.05, 0.1) is 0 Å². The molecule has 1 unspecified atom stereocenters. The summed E-state index contributed by atoms with van der Waals surface area (Å²) in [6, 6.07) is 0. The van der Waals surface area contributed by atoms with Crippen molar-refractivity contribution in [1.82, 2.24) is 0 Å². The topological polar surface area (TPSA) is 46.5 Å². The molecule has 0 aromatic carbocycles. The van der Waals surface area contributed by atoms with E-state index >= 15 is 0 Å². The summed E-state index contributed by atoms with van der Waals surface area (Å²) in [5, 5.41) is 8.48. The van der Waals surface area contributed by atoms with E-state index in [0.29, 0.717) is 6.08 Å². The van der Waals surface area contributed by atoms with Crippen LogP contribution in [0.5, 0.6) is 0 Å². The number of esters is 1. The molecule has 0 bridgehead atoms. The molecule has 0 spiro atoms. The standard InChI is InChI=1S/C6H7F3O3/c1-2-4(10)12-5(11)3-6(7,8)9/h2,5,11H,1,3H2. The first-order valence-electron chi connectivity index (χ1n) is 2.93. The lowest BCUT2D eigenvalue weighted by molar-refractivity contribution is -0.204. The maximum absolute atomic E-state index is 11.5. The maximum Gasteiger partial charge on any atom is 0.395 e. The van der Waals surface area contributed by atoms with Crippen LogP contribution in [0, 0.1) is 0 Å². The highest BCUT2D eigenvalue weighted by atomic mass is 19.4. The lowest BCUT2D eigenvalue weighted by Crippen LogP contribution is -2.23. The Balaban J connectivity index is 3.82. The van der Waals surface area contributed by atoms with E-state index in [1.165, 1.54) is 0 Å². The Morgan fingerprint density at radius 3 is 2.50 bits per heavy atom. The third-order valence-corrected chi connectivity index (χ3v) is 0.825. The molecule has 0 rings (SSSR count). The molecule has 0 aliphatic rings. The molecule has 12 heavy (non-hydrogen) atoms. The molecule has 0 amide bonds. The molecule has 0 saturated heterocycles. The number of halogens is 3. The minimum atomic E-state index is -4.55. The summed E-state index contributed by atoms with van der Waals surface area (Å²) in [5.74, 6) is -1.09. The Bertz CT molecular complexity index is 175. The van der Waals surface area contributed by atoms with E-state index in [-0.39, 0.29) is 0 Å². The van der Waals surface area contributed by atoms with Crippen LogP contribution >= 0.6 is 0 Å². The van der Waals surface area contributed by atoms with Crippen molar-refractivity contribution >= 4 is 5.97 Å². The summed E-state index contributed by atoms with van der Waals surface area (Å²) >= 11 is 0. The van der Waals surface area contributed by atoms with Crippen molar-refractivity contribution in [1.29, 1.82) is 0 Å². The van der Waals surface area contributed by atoms with E-state index in [1.807, 2.05) is 0 Å². The molecular weight excluding hydrogens is 177 g/mol. The van der Waals surface area contributed by atoms with Crippen LogP contribution in [0.25, 0.3) is 0 Å². The van der Waals surface area contributed by atoms with Gasteiger partial charge in [0.15, 0.2) is 0 Å². The predicted octanol–water partition coefficient (Wildman–Crippen LogP) is 0.986. The SMILES string of the molecule is C=CC(=O)OC(O)CC(F)(F)F. The third-order valence-electron chi connectivity index (χ3n) is 0.825. The summed E-state index contributed by atoms with van der Waals surface area (Å²) in [5.41, 5.74) is 0. The average Bonchev–Trinajstić information content (AvgIpc) is 1.82. The van der Waals surface area contributed by atoms with Gasteiger partial charge in [-0.2, -0.15) is 13.2 Å². The molecule has 0 radical (unpaired) electrons. The van der Waals surface area contributed by atoms with Gasteiger partial charge in [0.25, 0.3) is 0 Å². The summed E-state index contributed by atoms with van der Waals surface area (Å²) < 4.78 is 38.3. The Hall–Kier alpha value is -1.04. The highest BCUT2D eigenvalue weighted by molar-refractivity contribution is 5.81. The van der Waals surface area contributed by atoms with Gasteiger partial charge < -0.3 is 9.84 Å². The van der Waals surface area contributed by atoms with Gasteiger partial charge in [0.1, 0.15) is 6.42 Å². The highest BCUT2D eigenvalue weighted by Crippen LogP contribution is 2.21. The summed E-state index contributed by atoms with van der Waals surface area (Å²) in [7, 11) is 0. The van der Waals surface area contributed by atoms with Crippen molar-refractivity contribution in [3.63, 3.8) is 0 Å². The van der Waals surface area contributed by atoms with Crippen molar-refractivity contribution in [2.24, 2.45) is 0 Å². The lowest BCUT2D eigenvalue weighted by Gasteiger charge is -2.12. The zero-order chi connectivity index (χ0) is 9.78. The van der Waals surface area contributed by atoms with Crippen molar-refractivity contribution < 1.29 is 27.8 Å². The van der Waals surface area contributed by atoms with Crippen molar-refractivity contribution in [3.05, 3.63) is 12.7 Å². The molecule has 1 atom stereocenters. The number of rotatable bonds is 3. The molecule has 0 saturated carbocycles. The fraction of sp³-hybridized carbons (Fsp3) is 0.500. The molecule has 0 aliphatic carbocycles. The number of carbonyl (C=O) groups is 1. The summed E-state index contributed by atoms with van der Waals surface area (Å²) in [4.78, 5) is 10.2. The molecular formula is C6H7F3O3. The quantitative estimate of drug-likeness (QED) is 0.404. The first-order valence-corrected chi connectivity index (χ1v) is 2.93. The van der Waals surface area contributed by atoms with Crippen LogP contribution in [-0.4, -0.2) is 23.5 Å². The minimum absolute atomic E-state index is 0.666. The first kappa shape index (κ1) is 11.0. The van der Waals surface area contributed by atoms with E-state index in [0.717, 1.165) is 0 Å². The smallest absolute Gasteiger partial charge is 0.395 e. The van der Waals surface area contributed by atoms with E-state index in [1.54, 1.807) is 0 Å². The van der Waals surface area contributed by atoms with Gasteiger partial charge in [-0.25, -0.2) is 4.79 Å². The van der Waals surface area contributed by atoms with Crippen LogP contribution in [0.4, 0.5) is 13.2 Å². The molecule has 0 aromatic heterocycles. The van der Waals surface area contributed by atoms with E-state index in [9.17, 15) is 18.0 Å². The molecule has 1 N–H and O–H groups in total. The average molecular weight is 184 g/mol. The van der Waals surface area contributed by atoms with E-state index < -0.39 is 24.9 Å². The van der Waals surface area contributed by atoms with Gasteiger partial charge in [-0.3, -0.25) is 0 Å². The number of aliphatic hydroxyl groups is 1. The number of carbonyl (C=O) groups excluding carboxylic acids is 1. The van der Waals surface area contributed by atoms with E-state index in [4.69, 9.17) is 5.11 Å². The lowest BCUT2D eigenvalue weighted by atomic mass is 10.4. The fourth-order valence-electron chi connectivity index (χ4n) is 0.422. The summed E-state index contributed by atoms with van der Waals surface area (Å²) in [6.07, 6.45) is -7.62. The van der Waals surface area contributed by atoms with Gasteiger partial charge >= 0.3 is 12.1 Å². The molecule has 0 heterocycles. The van der Waals surface area contributed by atoms with Crippen molar-refractivity contribution in [3.8, 4) is 0 Å². The predicted molar refractivity (Wildman–Crippen MR) is 33.0 cm³/mol. The zero-order valence-corrected chi connectivity index (χ0v) is 5.97. The Morgan fingerprint density at radius 1 is 1.67 bits per heavy atom. The van der Waals surface area contributed by atoms with Crippen molar-refractivity contribution in [2.75, 3.05) is 0 Å². The Morgan fingerprint density at radius 2 is 2.17 bits per heavy atom. The number of aliphatic hydroxyl groups excluding tert-OH is 1. The number of alkyl halides is 3. The number of hydrogen-bond donors (Lipinski definition) is 1. The summed E-state index contributed by atoms with van der Waals surface area (Å²) in [6.45, 7) is 2.94. The molecule has 70 valence electrons.